The topological polar surface area (TPSA) is 0 Å². The number of unbranched alkanes of at least 4 members (excludes halogenated alkanes) is 2. The molecule has 0 amide bonds. The van der Waals surface area contributed by atoms with E-state index in [4.69, 9.17) is 0 Å². The van der Waals surface area contributed by atoms with E-state index in [-0.39, 0.29) is 0 Å². The maximum Gasteiger partial charge on any atom is 0.0157 e. The van der Waals surface area contributed by atoms with E-state index in [1.54, 1.807) is 5.57 Å². The van der Waals surface area contributed by atoms with Gasteiger partial charge in [0.15, 0.2) is 0 Å². The molecule has 0 N–H and O–H groups in total. The van der Waals surface area contributed by atoms with Gasteiger partial charge in [-0.05, 0) is 67.4 Å². The Hall–Kier alpha value is -1.56. The fourth-order valence-electron chi connectivity index (χ4n) is 6.63. The summed E-state index contributed by atoms with van der Waals surface area (Å²) >= 11 is 0. The van der Waals surface area contributed by atoms with Gasteiger partial charge >= 0.3 is 0 Å². The Kier molecular flexibility index (Phi) is 7.91. The minimum Gasteiger partial charge on any atom is -0.0842 e. The molecule has 0 aliphatic heterocycles. The average Bonchev–Trinajstić information content (AvgIpc) is 2.85. The molecule has 0 saturated heterocycles. The molecule has 3 aliphatic carbocycles. The molecule has 0 aromatic heterocycles. The monoisotopic (exact) mass is 416 g/mol. The molecule has 3 aliphatic rings. The third-order valence-electron chi connectivity index (χ3n) is 8.81. The number of rotatable bonds is 8. The normalized spacial score (nSPS) is 31.2. The largest absolute Gasteiger partial charge is 0.0842 e. The van der Waals surface area contributed by atoms with Crippen LogP contribution >= 0.6 is 0 Å². The minimum atomic E-state index is 0.297. The van der Waals surface area contributed by atoms with E-state index in [0.717, 1.165) is 17.8 Å². The van der Waals surface area contributed by atoms with Crippen molar-refractivity contribution in [2.75, 3.05) is 0 Å². The standard InChI is InChI=1S/C31H44/c1-3-5-7-10-26-15-19-30(20-16-26)31(29-17-13-25(4-2)14-18-29)23-21-28(22-24-31)27-11-8-6-9-12-27/h6,8-9,11-12,17,21-23,25-26,30H,3-5,7,10,13-16,18-20,24H2,1-2H3/t25?,26-,30-,31?. The molecule has 2 unspecified atom stereocenters. The quantitative estimate of drug-likeness (QED) is 0.292. The van der Waals surface area contributed by atoms with Crippen LogP contribution in [0.5, 0.6) is 0 Å². The molecule has 1 aromatic carbocycles. The first-order valence-electron chi connectivity index (χ1n) is 13.4. The zero-order chi connectivity index (χ0) is 21.5. The lowest BCUT2D eigenvalue weighted by Gasteiger charge is -2.46. The second kappa shape index (κ2) is 10.8. The second-order valence-corrected chi connectivity index (χ2v) is 10.6. The van der Waals surface area contributed by atoms with Crippen molar-refractivity contribution >= 4 is 5.57 Å². The molecule has 168 valence electrons. The summed E-state index contributed by atoms with van der Waals surface area (Å²) in [4.78, 5) is 0. The lowest BCUT2D eigenvalue weighted by molar-refractivity contribution is 0.160. The van der Waals surface area contributed by atoms with Crippen molar-refractivity contribution in [1.82, 2.24) is 0 Å². The van der Waals surface area contributed by atoms with Gasteiger partial charge in [0.1, 0.15) is 0 Å². The van der Waals surface area contributed by atoms with E-state index < -0.39 is 0 Å². The van der Waals surface area contributed by atoms with Crippen LogP contribution in [0.4, 0.5) is 0 Å². The van der Waals surface area contributed by atoms with Crippen molar-refractivity contribution < 1.29 is 0 Å². The summed E-state index contributed by atoms with van der Waals surface area (Å²) in [5.41, 5.74) is 4.87. The molecule has 4 rings (SSSR count). The summed E-state index contributed by atoms with van der Waals surface area (Å²) in [6, 6.07) is 11.0. The van der Waals surface area contributed by atoms with Crippen LogP contribution in [-0.4, -0.2) is 0 Å². The third-order valence-corrected chi connectivity index (χ3v) is 8.81. The molecule has 1 saturated carbocycles. The zero-order valence-electron chi connectivity index (χ0n) is 20.1. The highest BCUT2D eigenvalue weighted by atomic mass is 14.5. The molecule has 0 spiro atoms. The Morgan fingerprint density at radius 3 is 2.29 bits per heavy atom. The van der Waals surface area contributed by atoms with Crippen molar-refractivity contribution in [3.63, 3.8) is 0 Å². The van der Waals surface area contributed by atoms with E-state index in [2.05, 4.69) is 68.5 Å². The first-order chi connectivity index (χ1) is 15.2. The van der Waals surface area contributed by atoms with E-state index in [1.165, 1.54) is 94.6 Å². The highest BCUT2D eigenvalue weighted by Crippen LogP contribution is 2.54. The van der Waals surface area contributed by atoms with Crippen LogP contribution in [-0.2, 0) is 0 Å². The summed E-state index contributed by atoms with van der Waals surface area (Å²) in [5, 5.41) is 0. The fraction of sp³-hybridized carbons (Fsp3) is 0.613. The summed E-state index contributed by atoms with van der Waals surface area (Å²) in [7, 11) is 0. The Morgan fingerprint density at radius 1 is 0.871 bits per heavy atom. The number of hydrogen-bond acceptors (Lipinski definition) is 0. The number of benzene rings is 1. The van der Waals surface area contributed by atoms with E-state index in [0.29, 0.717) is 5.41 Å². The fourth-order valence-corrected chi connectivity index (χ4v) is 6.63. The van der Waals surface area contributed by atoms with Gasteiger partial charge in [-0.1, -0.05) is 119 Å². The number of allylic oxidation sites excluding steroid dienone is 6. The highest BCUT2D eigenvalue weighted by Gasteiger charge is 2.42. The Balaban J connectivity index is 1.51. The van der Waals surface area contributed by atoms with Crippen molar-refractivity contribution in [3.8, 4) is 0 Å². The first-order valence-corrected chi connectivity index (χ1v) is 13.4. The predicted molar refractivity (Wildman–Crippen MR) is 136 cm³/mol. The summed E-state index contributed by atoms with van der Waals surface area (Å²) < 4.78 is 0. The van der Waals surface area contributed by atoms with E-state index in [1.807, 2.05) is 0 Å². The highest BCUT2D eigenvalue weighted by molar-refractivity contribution is 5.75. The first kappa shape index (κ1) is 22.6. The van der Waals surface area contributed by atoms with Crippen LogP contribution in [0.3, 0.4) is 0 Å². The lowest BCUT2D eigenvalue weighted by Crippen LogP contribution is -2.35. The van der Waals surface area contributed by atoms with Gasteiger partial charge in [0.25, 0.3) is 0 Å². The van der Waals surface area contributed by atoms with Crippen molar-refractivity contribution in [3.05, 3.63) is 65.8 Å². The predicted octanol–water partition coefficient (Wildman–Crippen LogP) is 9.54. The van der Waals surface area contributed by atoms with Crippen LogP contribution in [0.2, 0.25) is 0 Å². The van der Waals surface area contributed by atoms with Crippen molar-refractivity contribution in [2.45, 2.75) is 97.3 Å². The molecule has 31 heavy (non-hydrogen) atoms. The van der Waals surface area contributed by atoms with Gasteiger partial charge in [-0.15, -0.1) is 0 Å². The van der Waals surface area contributed by atoms with Crippen molar-refractivity contribution in [2.24, 2.45) is 23.2 Å². The third kappa shape index (κ3) is 5.27. The maximum absolute atomic E-state index is 2.68. The maximum atomic E-state index is 2.68. The van der Waals surface area contributed by atoms with Gasteiger partial charge < -0.3 is 0 Å². The minimum absolute atomic E-state index is 0.297. The molecule has 0 heteroatoms. The summed E-state index contributed by atoms with van der Waals surface area (Å²) in [5.74, 6) is 2.75. The van der Waals surface area contributed by atoms with Gasteiger partial charge in [0, 0.05) is 5.41 Å². The molecule has 0 radical (unpaired) electrons. The van der Waals surface area contributed by atoms with Gasteiger partial charge in [-0.25, -0.2) is 0 Å². The molecule has 0 nitrogen and oxygen atoms in total. The van der Waals surface area contributed by atoms with Crippen LogP contribution in [0.1, 0.15) is 103 Å². The van der Waals surface area contributed by atoms with Crippen molar-refractivity contribution in [1.29, 1.82) is 0 Å². The summed E-state index contributed by atoms with van der Waals surface area (Å²) in [6.45, 7) is 4.70. The SMILES string of the molecule is CCCCC[C@H]1CC[C@H](C2(C3=CCC(CC)CC3)C=CC(c3ccccc3)=CC2)CC1. The van der Waals surface area contributed by atoms with Crippen LogP contribution < -0.4 is 0 Å². The Labute approximate surface area is 191 Å². The molecular formula is C31H44. The molecule has 2 atom stereocenters. The molecule has 1 fully saturated rings. The molecule has 0 bridgehead atoms. The van der Waals surface area contributed by atoms with Crippen LogP contribution in [0.25, 0.3) is 5.57 Å². The van der Waals surface area contributed by atoms with Crippen LogP contribution in [0, 0.1) is 23.2 Å². The summed E-state index contributed by atoms with van der Waals surface area (Å²) in [6.07, 6.45) is 28.5. The molecule has 0 heterocycles. The van der Waals surface area contributed by atoms with Crippen LogP contribution in [0.15, 0.2) is 60.2 Å². The van der Waals surface area contributed by atoms with Gasteiger partial charge in [0.05, 0.1) is 0 Å². The van der Waals surface area contributed by atoms with Gasteiger partial charge in [0.2, 0.25) is 0 Å². The number of hydrogen-bond donors (Lipinski definition) is 0. The Bertz CT molecular complexity index is 772. The average molecular weight is 417 g/mol. The zero-order valence-corrected chi connectivity index (χ0v) is 20.1. The van der Waals surface area contributed by atoms with Gasteiger partial charge in [-0.3, -0.25) is 0 Å². The molecular weight excluding hydrogens is 372 g/mol. The Morgan fingerprint density at radius 2 is 1.68 bits per heavy atom. The van der Waals surface area contributed by atoms with Gasteiger partial charge in [-0.2, -0.15) is 0 Å². The van der Waals surface area contributed by atoms with E-state index >= 15 is 0 Å². The smallest absolute Gasteiger partial charge is 0.0157 e. The lowest BCUT2D eigenvalue weighted by atomic mass is 9.58. The molecule has 1 aromatic rings. The second-order valence-electron chi connectivity index (χ2n) is 10.6. The van der Waals surface area contributed by atoms with E-state index in [9.17, 15) is 0 Å².